The van der Waals surface area contributed by atoms with Gasteiger partial charge in [0.05, 0.1) is 6.61 Å². The van der Waals surface area contributed by atoms with E-state index in [1.54, 1.807) is 0 Å². The fraction of sp³-hybridized carbons (Fsp3) is 0.500. The molecular formula is C14H19NO3. The van der Waals surface area contributed by atoms with Crippen molar-refractivity contribution in [2.24, 2.45) is 0 Å². The number of rotatable bonds is 6. The fourth-order valence-corrected chi connectivity index (χ4v) is 2.14. The quantitative estimate of drug-likeness (QED) is 0.811. The van der Waals surface area contributed by atoms with E-state index in [4.69, 9.17) is 4.74 Å². The van der Waals surface area contributed by atoms with Crippen LogP contribution in [0.1, 0.15) is 31.7 Å². The minimum Gasteiger partial charge on any atom is -0.494 e. The Morgan fingerprint density at radius 3 is 2.50 bits per heavy atom. The van der Waals surface area contributed by atoms with E-state index in [0.717, 1.165) is 30.6 Å². The van der Waals surface area contributed by atoms with Crippen LogP contribution < -0.4 is 10.1 Å². The first-order chi connectivity index (χ1) is 8.66. The molecular weight excluding hydrogens is 230 g/mol. The first-order valence-electron chi connectivity index (χ1n) is 6.36. The molecule has 0 aliphatic heterocycles. The summed E-state index contributed by atoms with van der Waals surface area (Å²) in [5, 5.41) is 12.4. The molecule has 98 valence electrons. The normalized spacial score (nSPS) is 16.9. The molecule has 1 aliphatic rings. The van der Waals surface area contributed by atoms with Gasteiger partial charge in [0.1, 0.15) is 11.3 Å². The molecule has 0 atom stereocenters. The Labute approximate surface area is 107 Å². The molecule has 2 rings (SSSR count). The largest absolute Gasteiger partial charge is 0.494 e. The maximum atomic E-state index is 11.2. The molecule has 2 N–H and O–H groups in total. The van der Waals surface area contributed by atoms with Crippen LogP contribution in [0.5, 0.6) is 5.75 Å². The van der Waals surface area contributed by atoms with Gasteiger partial charge in [-0.1, -0.05) is 12.1 Å². The van der Waals surface area contributed by atoms with Gasteiger partial charge in [-0.3, -0.25) is 10.1 Å². The van der Waals surface area contributed by atoms with Gasteiger partial charge in [0.2, 0.25) is 0 Å². The van der Waals surface area contributed by atoms with E-state index in [0.29, 0.717) is 13.2 Å². The van der Waals surface area contributed by atoms with Gasteiger partial charge in [-0.2, -0.15) is 0 Å². The summed E-state index contributed by atoms with van der Waals surface area (Å²) < 4.78 is 5.36. The lowest BCUT2D eigenvalue weighted by molar-refractivity contribution is -0.148. The second-order valence-corrected chi connectivity index (χ2v) is 4.67. The van der Waals surface area contributed by atoms with Crippen LogP contribution in [0.15, 0.2) is 24.3 Å². The summed E-state index contributed by atoms with van der Waals surface area (Å²) in [6.45, 7) is 3.18. The third kappa shape index (κ3) is 2.64. The molecule has 1 aromatic rings. The van der Waals surface area contributed by atoms with E-state index in [1.807, 2.05) is 31.2 Å². The second-order valence-electron chi connectivity index (χ2n) is 4.67. The van der Waals surface area contributed by atoms with Crippen LogP contribution in [-0.2, 0) is 11.3 Å². The van der Waals surface area contributed by atoms with E-state index in [1.165, 1.54) is 0 Å². The first-order valence-corrected chi connectivity index (χ1v) is 6.36. The zero-order valence-electron chi connectivity index (χ0n) is 10.6. The Morgan fingerprint density at radius 2 is 2.06 bits per heavy atom. The zero-order chi connectivity index (χ0) is 13.0. The van der Waals surface area contributed by atoms with Gasteiger partial charge in [-0.05, 0) is 43.9 Å². The van der Waals surface area contributed by atoms with Crippen LogP contribution in [0.2, 0.25) is 0 Å². The highest BCUT2D eigenvalue weighted by Crippen LogP contribution is 2.32. The number of carbonyl (C=O) groups is 1. The van der Waals surface area contributed by atoms with Crippen molar-refractivity contribution >= 4 is 5.97 Å². The van der Waals surface area contributed by atoms with Crippen LogP contribution in [0, 0.1) is 0 Å². The highest BCUT2D eigenvalue weighted by atomic mass is 16.5. The van der Waals surface area contributed by atoms with Gasteiger partial charge in [0.25, 0.3) is 0 Å². The van der Waals surface area contributed by atoms with E-state index in [9.17, 15) is 9.90 Å². The SMILES string of the molecule is CCOc1ccc(CNC2(C(=O)O)CCC2)cc1. The van der Waals surface area contributed by atoms with Crippen LogP contribution in [0.25, 0.3) is 0 Å². The number of hydrogen-bond donors (Lipinski definition) is 2. The predicted octanol–water partition coefficient (Wildman–Crippen LogP) is 2.18. The second kappa shape index (κ2) is 5.40. The summed E-state index contributed by atoms with van der Waals surface area (Å²) in [7, 11) is 0. The van der Waals surface area contributed by atoms with Crippen molar-refractivity contribution in [3.63, 3.8) is 0 Å². The Bertz CT molecular complexity index is 410. The number of aliphatic carboxylic acids is 1. The molecule has 0 unspecified atom stereocenters. The molecule has 0 heterocycles. The standard InChI is InChI=1S/C14H19NO3/c1-2-18-12-6-4-11(5-7-12)10-15-14(13(16)17)8-3-9-14/h4-7,15H,2-3,8-10H2,1H3,(H,16,17). The Morgan fingerprint density at radius 1 is 1.39 bits per heavy atom. The lowest BCUT2D eigenvalue weighted by Crippen LogP contribution is -2.56. The van der Waals surface area contributed by atoms with Gasteiger partial charge >= 0.3 is 5.97 Å². The third-order valence-electron chi connectivity index (χ3n) is 3.48. The summed E-state index contributed by atoms with van der Waals surface area (Å²) in [6, 6.07) is 7.75. The summed E-state index contributed by atoms with van der Waals surface area (Å²) in [5.41, 5.74) is 0.379. The molecule has 1 aromatic carbocycles. The molecule has 4 heteroatoms. The highest BCUT2D eigenvalue weighted by molar-refractivity contribution is 5.79. The Balaban J connectivity index is 1.91. The average molecular weight is 249 g/mol. The van der Waals surface area contributed by atoms with Gasteiger partial charge < -0.3 is 9.84 Å². The Kier molecular flexibility index (Phi) is 3.87. The molecule has 18 heavy (non-hydrogen) atoms. The minimum atomic E-state index is -0.736. The lowest BCUT2D eigenvalue weighted by atomic mass is 9.76. The molecule has 0 spiro atoms. The number of carboxylic acids is 1. The topological polar surface area (TPSA) is 58.6 Å². The van der Waals surface area contributed by atoms with Crippen molar-refractivity contribution in [2.45, 2.75) is 38.3 Å². The number of hydrogen-bond acceptors (Lipinski definition) is 3. The lowest BCUT2D eigenvalue weighted by Gasteiger charge is -2.38. The zero-order valence-corrected chi connectivity index (χ0v) is 10.6. The predicted molar refractivity (Wildman–Crippen MR) is 68.7 cm³/mol. The monoisotopic (exact) mass is 249 g/mol. The highest BCUT2D eigenvalue weighted by Gasteiger charge is 2.43. The number of nitrogens with one attached hydrogen (secondary N) is 1. The summed E-state index contributed by atoms with van der Waals surface area (Å²) in [4.78, 5) is 11.2. The van der Waals surface area contributed by atoms with Crippen molar-refractivity contribution in [1.82, 2.24) is 5.32 Å². The van der Waals surface area contributed by atoms with E-state index in [2.05, 4.69) is 5.32 Å². The summed E-state index contributed by atoms with van der Waals surface area (Å²) in [5.74, 6) is 0.109. The van der Waals surface area contributed by atoms with Crippen LogP contribution in [0.3, 0.4) is 0 Å². The van der Waals surface area contributed by atoms with Gasteiger partial charge in [0.15, 0.2) is 0 Å². The first kappa shape index (κ1) is 12.9. The number of benzene rings is 1. The minimum absolute atomic E-state index is 0.582. The van der Waals surface area contributed by atoms with Crippen LogP contribution in [-0.4, -0.2) is 23.2 Å². The van der Waals surface area contributed by atoms with E-state index < -0.39 is 11.5 Å². The maximum Gasteiger partial charge on any atom is 0.323 e. The van der Waals surface area contributed by atoms with Gasteiger partial charge in [0, 0.05) is 6.54 Å². The van der Waals surface area contributed by atoms with Crippen molar-refractivity contribution < 1.29 is 14.6 Å². The van der Waals surface area contributed by atoms with Gasteiger partial charge in [-0.25, -0.2) is 0 Å². The third-order valence-corrected chi connectivity index (χ3v) is 3.48. The molecule has 1 saturated carbocycles. The number of ether oxygens (including phenoxy) is 1. The fourth-order valence-electron chi connectivity index (χ4n) is 2.14. The van der Waals surface area contributed by atoms with Gasteiger partial charge in [-0.15, -0.1) is 0 Å². The molecule has 0 saturated heterocycles. The maximum absolute atomic E-state index is 11.2. The van der Waals surface area contributed by atoms with Crippen LogP contribution >= 0.6 is 0 Å². The van der Waals surface area contributed by atoms with Crippen molar-refractivity contribution in [1.29, 1.82) is 0 Å². The van der Waals surface area contributed by atoms with Crippen molar-refractivity contribution in [3.05, 3.63) is 29.8 Å². The van der Waals surface area contributed by atoms with E-state index >= 15 is 0 Å². The molecule has 1 aliphatic carbocycles. The smallest absolute Gasteiger partial charge is 0.323 e. The molecule has 1 fully saturated rings. The van der Waals surface area contributed by atoms with Crippen molar-refractivity contribution in [3.8, 4) is 5.75 Å². The molecule has 0 bridgehead atoms. The number of carboxylic acid groups (broad SMARTS) is 1. The Hall–Kier alpha value is -1.55. The van der Waals surface area contributed by atoms with Crippen LogP contribution in [0.4, 0.5) is 0 Å². The van der Waals surface area contributed by atoms with Crippen molar-refractivity contribution in [2.75, 3.05) is 6.61 Å². The van der Waals surface area contributed by atoms with E-state index in [-0.39, 0.29) is 0 Å². The molecule has 4 nitrogen and oxygen atoms in total. The summed E-state index contributed by atoms with van der Waals surface area (Å²) >= 11 is 0. The molecule has 0 amide bonds. The average Bonchev–Trinajstić information content (AvgIpc) is 2.30. The summed E-state index contributed by atoms with van der Waals surface area (Å²) in [6.07, 6.45) is 2.43. The molecule has 0 aromatic heterocycles. The molecule has 0 radical (unpaired) electrons.